The van der Waals surface area contributed by atoms with Gasteiger partial charge in [0, 0.05) is 12.8 Å². The number of carbonyl (C=O) groups excluding carboxylic acids is 2. The fourth-order valence-electron chi connectivity index (χ4n) is 3.55. The van der Waals surface area contributed by atoms with Crippen molar-refractivity contribution in [3.05, 3.63) is 12.2 Å². The van der Waals surface area contributed by atoms with Crippen molar-refractivity contribution in [2.24, 2.45) is 0 Å². The second kappa shape index (κ2) is 22.3. The molecule has 32 heavy (non-hydrogen) atoms. The summed E-state index contributed by atoms with van der Waals surface area (Å²) >= 11 is 0. The first-order chi connectivity index (χ1) is 15.5. The van der Waals surface area contributed by atoms with E-state index in [2.05, 4.69) is 31.3 Å². The molecule has 2 N–H and O–H groups in total. The summed E-state index contributed by atoms with van der Waals surface area (Å²) in [6, 6.07) is 0. The van der Waals surface area contributed by atoms with Crippen LogP contribution in [0.15, 0.2) is 12.2 Å². The molecular weight excluding hydrogens is 406 g/mol. The van der Waals surface area contributed by atoms with Gasteiger partial charge in [0.2, 0.25) is 5.91 Å². The Morgan fingerprint density at radius 2 is 1.41 bits per heavy atom. The molecular formula is C26H47NO5. The van der Waals surface area contributed by atoms with E-state index in [1.54, 1.807) is 0 Å². The van der Waals surface area contributed by atoms with E-state index in [-0.39, 0.29) is 24.5 Å². The minimum atomic E-state index is -1.03. The summed E-state index contributed by atoms with van der Waals surface area (Å²) < 4.78 is 5.68. The standard InChI is InChI=1S/C26H47NO5/c1-3-5-6-7-8-9-10-11-12-13-17-21-26(31)32-23(18-4-2)19-15-14-16-20-24(28)27-22-25(29)30/h7-8,23H,3-6,9-22H2,1-2H3,(H,27,28)(H,29,30)/b8-7-. The first kappa shape index (κ1) is 30.1. The number of carbonyl (C=O) groups is 3. The van der Waals surface area contributed by atoms with E-state index < -0.39 is 5.97 Å². The van der Waals surface area contributed by atoms with Crippen LogP contribution in [0.4, 0.5) is 0 Å². The fourth-order valence-corrected chi connectivity index (χ4v) is 3.55. The number of carboxylic acid groups (broad SMARTS) is 1. The van der Waals surface area contributed by atoms with E-state index in [0.717, 1.165) is 51.4 Å². The summed E-state index contributed by atoms with van der Waals surface area (Å²) in [5.74, 6) is -1.35. The van der Waals surface area contributed by atoms with Crippen molar-refractivity contribution in [3.63, 3.8) is 0 Å². The van der Waals surface area contributed by atoms with Gasteiger partial charge in [-0.15, -0.1) is 0 Å². The largest absolute Gasteiger partial charge is 0.480 e. The van der Waals surface area contributed by atoms with Crippen LogP contribution in [-0.4, -0.2) is 35.6 Å². The lowest BCUT2D eigenvalue weighted by Gasteiger charge is -2.17. The molecule has 0 saturated carbocycles. The Labute approximate surface area is 195 Å². The normalized spacial score (nSPS) is 12.1. The van der Waals surface area contributed by atoms with Crippen LogP contribution in [0.5, 0.6) is 0 Å². The van der Waals surface area contributed by atoms with Gasteiger partial charge in [-0.3, -0.25) is 14.4 Å². The molecule has 6 nitrogen and oxygen atoms in total. The topological polar surface area (TPSA) is 92.7 Å². The van der Waals surface area contributed by atoms with Crippen molar-refractivity contribution in [1.29, 1.82) is 0 Å². The van der Waals surface area contributed by atoms with E-state index in [9.17, 15) is 14.4 Å². The number of hydrogen-bond donors (Lipinski definition) is 2. The van der Waals surface area contributed by atoms with E-state index in [4.69, 9.17) is 9.84 Å². The van der Waals surface area contributed by atoms with Gasteiger partial charge in [-0.2, -0.15) is 0 Å². The van der Waals surface area contributed by atoms with Crippen molar-refractivity contribution >= 4 is 17.8 Å². The first-order valence-electron chi connectivity index (χ1n) is 12.8. The van der Waals surface area contributed by atoms with E-state index in [1.165, 1.54) is 38.5 Å². The van der Waals surface area contributed by atoms with Crippen molar-refractivity contribution in [3.8, 4) is 0 Å². The zero-order chi connectivity index (χ0) is 23.9. The number of nitrogens with one attached hydrogen (secondary N) is 1. The smallest absolute Gasteiger partial charge is 0.322 e. The molecule has 0 heterocycles. The van der Waals surface area contributed by atoms with E-state index >= 15 is 0 Å². The van der Waals surface area contributed by atoms with Crippen LogP contribution in [0, 0.1) is 0 Å². The Balaban J connectivity index is 3.75. The molecule has 0 spiro atoms. The highest BCUT2D eigenvalue weighted by Gasteiger charge is 2.13. The maximum absolute atomic E-state index is 12.2. The van der Waals surface area contributed by atoms with Gasteiger partial charge in [-0.25, -0.2) is 0 Å². The number of amides is 1. The van der Waals surface area contributed by atoms with Gasteiger partial charge in [0.25, 0.3) is 0 Å². The number of carboxylic acids is 1. The molecule has 1 unspecified atom stereocenters. The Morgan fingerprint density at radius 3 is 2.09 bits per heavy atom. The Bertz CT molecular complexity index is 518. The molecule has 0 aliphatic carbocycles. The zero-order valence-corrected chi connectivity index (χ0v) is 20.5. The third-order valence-corrected chi connectivity index (χ3v) is 5.42. The van der Waals surface area contributed by atoms with Gasteiger partial charge in [0.15, 0.2) is 0 Å². The molecule has 0 aromatic rings. The molecule has 0 fully saturated rings. The molecule has 0 aliphatic heterocycles. The van der Waals surface area contributed by atoms with Crippen LogP contribution in [0.3, 0.4) is 0 Å². The van der Waals surface area contributed by atoms with Crippen LogP contribution in [0.2, 0.25) is 0 Å². The SMILES string of the molecule is CCCC/C=C\CCCCCCCC(=O)OC(CCC)CCCCCC(=O)NCC(=O)O. The Kier molecular flexibility index (Phi) is 21.1. The number of unbranched alkanes of at least 4 members (excludes halogenated alkanes) is 9. The molecule has 0 bridgehead atoms. The number of hydrogen-bond acceptors (Lipinski definition) is 4. The molecule has 0 radical (unpaired) electrons. The van der Waals surface area contributed by atoms with Gasteiger partial charge in [0.1, 0.15) is 12.6 Å². The Hall–Kier alpha value is -1.85. The second-order valence-corrected chi connectivity index (χ2v) is 8.59. The molecule has 0 rings (SSSR count). The summed E-state index contributed by atoms with van der Waals surface area (Å²) in [6.45, 7) is 3.98. The average molecular weight is 454 g/mol. The van der Waals surface area contributed by atoms with Gasteiger partial charge < -0.3 is 15.2 Å². The van der Waals surface area contributed by atoms with Crippen LogP contribution >= 0.6 is 0 Å². The van der Waals surface area contributed by atoms with Crippen LogP contribution in [0.1, 0.15) is 123 Å². The Morgan fingerprint density at radius 1 is 0.781 bits per heavy atom. The minimum Gasteiger partial charge on any atom is -0.480 e. The zero-order valence-electron chi connectivity index (χ0n) is 20.5. The number of rotatable bonds is 22. The molecule has 0 saturated heterocycles. The quantitative estimate of drug-likeness (QED) is 0.114. The number of allylic oxidation sites excluding steroid dienone is 2. The molecule has 1 atom stereocenters. The molecule has 6 heteroatoms. The monoisotopic (exact) mass is 453 g/mol. The molecule has 0 aromatic heterocycles. The number of esters is 1. The molecule has 0 aliphatic rings. The highest BCUT2D eigenvalue weighted by molar-refractivity contribution is 5.80. The van der Waals surface area contributed by atoms with E-state index in [1.807, 2.05) is 0 Å². The maximum atomic E-state index is 12.2. The maximum Gasteiger partial charge on any atom is 0.322 e. The lowest BCUT2D eigenvalue weighted by Crippen LogP contribution is -2.28. The van der Waals surface area contributed by atoms with Crippen molar-refractivity contribution < 1.29 is 24.2 Å². The second-order valence-electron chi connectivity index (χ2n) is 8.59. The van der Waals surface area contributed by atoms with Crippen molar-refractivity contribution in [1.82, 2.24) is 5.32 Å². The van der Waals surface area contributed by atoms with Crippen LogP contribution < -0.4 is 5.32 Å². The summed E-state index contributed by atoms with van der Waals surface area (Å²) in [4.78, 5) is 34.1. The fraction of sp³-hybridized carbons (Fsp3) is 0.808. The van der Waals surface area contributed by atoms with Crippen molar-refractivity contribution in [2.75, 3.05) is 6.54 Å². The molecule has 0 aromatic carbocycles. The van der Waals surface area contributed by atoms with E-state index in [0.29, 0.717) is 19.3 Å². The van der Waals surface area contributed by atoms with Gasteiger partial charge >= 0.3 is 11.9 Å². The number of aliphatic carboxylic acids is 1. The summed E-state index contributed by atoms with van der Waals surface area (Å²) in [5.41, 5.74) is 0. The van der Waals surface area contributed by atoms with Gasteiger partial charge in [-0.05, 0) is 51.4 Å². The highest BCUT2D eigenvalue weighted by Crippen LogP contribution is 2.15. The van der Waals surface area contributed by atoms with Gasteiger partial charge in [-0.1, -0.05) is 70.9 Å². The lowest BCUT2D eigenvalue weighted by atomic mass is 10.1. The third-order valence-electron chi connectivity index (χ3n) is 5.42. The van der Waals surface area contributed by atoms with Crippen LogP contribution in [0.25, 0.3) is 0 Å². The summed E-state index contributed by atoms with van der Waals surface area (Å²) in [6.07, 6.45) is 21.0. The summed E-state index contributed by atoms with van der Waals surface area (Å²) in [7, 11) is 0. The predicted molar refractivity (Wildman–Crippen MR) is 130 cm³/mol. The molecule has 1 amide bonds. The van der Waals surface area contributed by atoms with Crippen molar-refractivity contribution in [2.45, 2.75) is 129 Å². The number of ether oxygens (including phenoxy) is 1. The predicted octanol–water partition coefficient (Wildman–Crippen LogP) is 6.33. The third kappa shape index (κ3) is 21.4. The first-order valence-corrected chi connectivity index (χ1v) is 12.8. The molecule has 186 valence electrons. The average Bonchev–Trinajstić information content (AvgIpc) is 2.75. The van der Waals surface area contributed by atoms with Crippen LogP contribution in [-0.2, 0) is 19.1 Å². The minimum absolute atomic E-state index is 0.0344. The highest BCUT2D eigenvalue weighted by atomic mass is 16.5. The lowest BCUT2D eigenvalue weighted by molar-refractivity contribution is -0.150. The summed E-state index contributed by atoms with van der Waals surface area (Å²) in [5, 5.41) is 10.9. The van der Waals surface area contributed by atoms with Gasteiger partial charge in [0.05, 0.1) is 0 Å².